The quantitative estimate of drug-likeness (QED) is 0.453. The normalized spacial score (nSPS) is 11.6. The standard InChI is InChI=1S/2C6H13O.Sn/c2*1-3-6(4-2)5-7;/h2*6H,3-5H2,1-2H3;/q2*-1;+2. The third-order valence-corrected chi connectivity index (χ3v) is 4.69. The van der Waals surface area contributed by atoms with Crippen molar-refractivity contribution < 1.29 is 6.15 Å². The van der Waals surface area contributed by atoms with Gasteiger partial charge in [0.05, 0.1) is 0 Å². The Hall–Kier alpha value is 0.719. The predicted octanol–water partition coefficient (Wildman–Crippen LogP) is 3.43. The van der Waals surface area contributed by atoms with Crippen LogP contribution in [-0.2, 0) is 6.15 Å². The summed E-state index contributed by atoms with van der Waals surface area (Å²) >= 11 is -0.975. The minimum atomic E-state index is -0.975. The maximum atomic E-state index is 5.66. The van der Waals surface area contributed by atoms with Gasteiger partial charge in [0, 0.05) is 0 Å². The molecule has 3 heteroatoms. The molecule has 2 nitrogen and oxygen atoms in total. The summed E-state index contributed by atoms with van der Waals surface area (Å²) < 4.78 is 11.3. The van der Waals surface area contributed by atoms with Crippen molar-refractivity contribution in [3.8, 4) is 0 Å². The number of hydrogen-bond acceptors (Lipinski definition) is 2. The minimum absolute atomic E-state index is 0.739. The molecule has 0 saturated carbocycles. The molecule has 0 unspecified atom stereocenters. The zero-order chi connectivity index (χ0) is 11.5. The first-order chi connectivity index (χ1) is 7.28. The number of rotatable bonds is 10. The summed E-state index contributed by atoms with van der Waals surface area (Å²) in [5.41, 5.74) is 0. The third-order valence-electron chi connectivity index (χ3n) is 3.07. The van der Waals surface area contributed by atoms with Crippen molar-refractivity contribution in [2.45, 2.75) is 53.4 Å². The molecule has 0 heterocycles. The van der Waals surface area contributed by atoms with Gasteiger partial charge in [-0.25, -0.2) is 0 Å². The molecular weight excluding hydrogens is 295 g/mol. The van der Waals surface area contributed by atoms with Crippen molar-refractivity contribution in [2.75, 3.05) is 13.2 Å². The molecule has 0 aliphatic heterocycles. The second-order valence-electron chi connectivity index (χ2n) is 4.07. The first-order valence-corrected chi connectivity index (χ1v) is 8.59. The molecule has 2 radical (unpaired) electrons. The average Bonchev–Trinajstić information content (AvgIpc) is 2.29. The summed E-state index contributed by atoms with van der Waals surface area (Å²) in [5.74, 6) is 1.48. The second kappa shape index (κ2) is 11.2. The Labute approximate surface area is 106 Å². The fraction of sp³-hybridized carbons (Fsp3) is 1.00. The Morgan fingerprint density at radius 1 is 0.733 bits per heavy atom. The van der Waals surface area contributed by atoms with Gasteiger partial charge in [-0.3, -0.25) is 0 Å². The Bertz CT molecular complexity index is 109. The van der Waals surface area contributed by atoms with Gasteiger partial charge < -0.3 is 0 Å². The molecule has 0 rings (SSSR count). The molecule has 0 aliphatic carbocycles. The van der Waals surface area contributed by atoms with Crippen molar-refractivity contribution in [1.82, 2.24) is 0 Å². The van der Waals surface area contributed by atoms with Gasteiger partial charge in [-0.1, -0.05) is 0 Å². The van der Waals surface area contributed by atoms with Crippen LogP contribution in [0.4, 0.5) is 0 Å². The molecule has 0 aliphatic rings. The van der Waals surface area contributed by atoms with Crippen LogP contribution in [0.25, 0.3) is 0 Å². The van der Waals surface area contributed by atoms with Crippen LogP contribution in [0.5, 0.6) is 0 Å². The fourth-order valence-electron chi connectivity index (χ4n) is 1.39. The molecule has 0 atom stereocenters. The Morgan fingerprint density at radius 3 is 1.33 bits per heavy atom. The molecule has 0 saturated heterocycles. The summed E-state index contributed by atoms with van der Waals surface area (Å²) in [7, 11) is 0. The molecule has 0 fully saturated rings. The van der Waals surface area contributed by atoms with Crippen molar-refractivity contribution in [3.63, 3.8) is 0 Å². The van der Waals surface area contributed by atoms with Crippen LogP contribution in [0.15, 0.2) is 0 Å². The van der Waals surface area contributed by atoms with E-state index in [0.29, 0.717) is 0 Å². The molecule has 0 N–H and O–H groups in total. The van der Waals surface area contributed by atoms with Gasteiger partial charge in [0.2, 0.25) is 0 Å². The van der Waals surface area contributed by atoms with Crippen LogP contribution in [0.3, 0.4) is 0 Å². The second-order valence-corrected chi connectivity index (χ2v) is 6.19. The van der Waals surface area contributed by atoms with Gasteiger partial charge in [-0.2, -0.15) is 0 Å². The van der Waals surface area contributed by atoms with Crippen LogP contribution in [0, 0.1) is 11.8 Å². The average molecular weight is 321 g/mol. The van der Waals surface area contributed by atoms with Crippen molar-refractivity contribution in [1.29, 1.82) is 0 Å². The van der Waals surface area contributed by atoms with Gasteiger partial charge in [0.25, 0.3) is 0 Å². The van der Waals surface area contributed by atoms with Crippen molar-refractivity contribution >= 4 is 22.0 Å². The maximum absolute atomic E-state index is 5.66. The van der Waals surface area contributed by atoms with Crippen molar-refractivity contribution in [2.24, 2.45) is 11.8 Å². The van der Waals surface area contributed by atoms with E-state index >= 15 is 0 Å². The zero-order valence-corrected chi connectivity index (χ0v) is 13.6. The summed E-state index contributed by atoms with van der Waals surface area (Å²) in [4.78, 5) is 0. The first-order valence-electron chi connectivity index (χ1n) is 6.26. The third kappa shape index (κ3) is 8.52. The Morgan fingerprint density at radius 2 is 1.07 bits per heavy atom. The molecule has 0 aromatic carbocycles. The Balaban J connectivity index is 3.30. The summed E-state index contributed by atoms with van der Waals surface area (Å²) in [6, 6.07) is 0. The van der Waals surface area contributed by atoms with Crippen molar-refractivity contribution in [3.05, 3.63) is 0 Å². The zero-order valence-electron chi connectivity index (χ0n) is 10.7. The molecule has 0 spiro atoms. The fourth-order valence-corrected chi connectivity index (χ4v) is 3.37. The first kappa shape index (κ1) is 15.7. The van der Waals surface area contributed by atoms with E-state index in [2.05, 4.69) is 27.7 Å². The van der Waals surface area contributed by atoms with Crippen LogP contribution in [-0.4, -0.2) is 35.2 Å². The predicted molar refractivity (Wildman–Crippen MR) is 65.8 cm³/mol. The van der Waals surface area contributed by atoms with E-state index < -0.39 is 22.0 Å². The van der Waals surface area contributed by atoms with E-state index in [-0.39, 0.29) is 0 Å². The van der Waals surface area contributed by atoms with Gasteiger partial charge in [-0.05, 0) is 0 Å². The topological polar surface area (TPSA) is 18.5 Å². The van der Waals surface area contributed by atoms with Gasteiger partial charge in [0.15, 0.2) is 0 Å². The van der Waals surface area contributed by atoms with E-state index in [9.17, 15) is 0 Å². The molecule has 0 amide bonds. The van der Waals surface area contributed by atoms with E-state index in [1.54, 1.807) is 0 Å². The summed E-state index contributed by atoms with van der Waals surface area (Å²) in [6.07, 6.45) is 4.90. The monoisotopic (exact) mass is 322 g/mol. The van der Waals surface area contributed by atoms with E-state index in [1.165, 1.54) is 25.7 Å². The number of hydrogen-bond donors (Lipinski definition) is 0. The van der Waals surface area contributed by atoms with Crippen LogP contribution in [0.2, 0.25) is 0 Å². The van der Waals surface area contributed by atoms with Crippen LogP contribution >= 0.6 is 0 Å². The molecule has 0 aromatic heterocycles. The van der Waals surface area contributed by atoms with Crippen LogP contribution < -0.4 is 0 Å². The summed E-state index contributed by atoms with van der Waals surface area (Å²) in [5, 5.41) is 0. The van der Waals surface area contributed by atoms with Gasteiger partial charge in [0.1, 0.15) is 0 Å². The molecule has 90 valence electrons. The van der Waals surface area contributed by atoms with Crippen LogP contribution in [0.1, 0.15) is 53.4 Å². The summed E-state index contributed by atoms with van der Waals surface area (Å²) in [6.45, 7) is 10.8. The van der Waals surface area contributed by atoms with E-state index in [4.69, 9.17) is 6.15 Å². The van der Waals surface area contributed by atoms with E-state index in [0.717, 1.165) is 25.0 Å². The van der Waals surface area contributed by atoms with E-state index in [1.807, 2.05) is 0 Å². The molecule has 15 heavy (non-hydrogen) atoms. The van der Waals surface area contributed by atoms with Gasteiger partial charge >= 0.3 is 107 Å². The molecule has 0 aromatic rings. The van der Waals surface area contributed by atoms with Gasteiger partial charge in [-0.15, -0.1) is 0 Å². The SMILES string of the molecule is CCC(CC)C[O][Sn][O]CC(CC)CC. The molecular formula is C12H26O2Sn. The molecule has 0 bridgehead atoms. The Kier molecular flexibility index (Phi) is 11.7.